The number of fused-ring (bicyclic) bond motifs is 1. The molecule has 0 aliphatic rings. The number of nitrogens with one attached hydrogen (secondary N) is 2. The van der Waals surface area contributed by atoms with Crippen molar-refractivity contribution in [1.29, 1.82) is 0 Å². The van der Waals surface area contributed by atoms with Gasteiger partial charge in [0.1, 0.15) is 0 Å². The minimum atomic E-state index is -0.310. The summed E-state index contributed by atoms with van der Waals surface area (Å²) in [5.74, 6) is -0.0478. The molecule has 6 heteroatoms. The van der Waals surface area contributed by atoms with Crippen molar-refractivity contribution < 1.29 is 4.79 Å². The second-order valence-electron chi connectivity index (χ2n) is 9.33. The van der Waals surface area contributed by atoms with E-state index in [0.717, 1.165) is 50.0 Å². The van der Waals surface area contributed by atoms with Gasteiger partial charge >= 0.3 is 0 Å². The van der Waals surface area contributed by atoms with Crippen LogP contribution in [0, 0.1) is 20.8 Å². The first-order chi connectivity index (χ1) is 17.9. The Kier molecular flexibility index (Phi) is 7.10. The van der Waals surface area contributed by atoms with Crippen LogP contribution in [0.3, 0.4) is 0 Å². The number of thioether (sulfide) groups is 1. The Morgan fingerprint density at radius 2 is 1.54 bits per heavy atom. The van der Waals surface area contributed by atoms with Crippen LogP contribution in [0.4, 0.5) is 5.69 Å². The number of aryl methyl sites for hydroxylation is 3. The molecule has 0 saturated carbocycles. The topological polar surface area (TPSA) is 70.7 Å². The van der Waals surface area contributed by atoms with E-state index < -0.39 is 0 Å². The van der Waals surface area contributed by atoms with Crippen LogP contribution >= 0.6 is 11.8 Å². The molecular formula is C31H30N4OS. The minimum Gasteiger partial charge on any atom is -0.332 e. The number of hydrogen-bond donors (Lipinski definition) is 2. The highest BCUT2D eigenvalue weighted by molar-refractivity contribution is 8.00. The Morgan fingerprint density at radius 3 is 2.22 bits per heavy atom. The molecule has 5 nitrogen and oxygen atoms in total. The van der Waals surface area contributed by atoms with Gasteiger partial charge in [-0.25, -0.2) is 4.98 Å². The number of benzene rings is 3. The van der Waals surface area contributed by atoms with Gasteiger partial charge in [0.15, 0.2) is 5.16 Å². The summed E-state index contributed by atoms with van der Waals surface area (Å²) in [4.78, 5) is 26.5. The molecule has 0 bridgehead atoms. The summed E-state index contributed by atoms with van der Waals surface area (Å²) in [5, 5.41) is 4.50. The molecule has 0 saturated heterocycles. The molecule has 0 aliphatic heterocycles. The Balaban J connectivity index is 1.45. The van der Waals surface area contributed by atoms with E-state index in [-0.39, 0.29) is 11.2 Å². The zero-order chi connectivity index (χ0) is 25.9. The van der Waals surface area contributed by atoms with E-state index in [4.69, 9.17) is 4.98 Å². The lowest BCUT2D eigenvalue weighted by Gasteiger charge is -2.15. The zero-order valence-corrected chi connectivity index (χ0v) is 22.3. The molecule has 3 aromatic carbocycles. The molecule has 37 heavy (non-hydrogen) atoms. The van der Waals surface area contributed by atoms with Crippen molar-refractivity contribution in [3.05, 3.63) is 95.7 Å². The number of rotatable bonds is 7. The van der Waals surface area contributed by atoms with E-state index >= 15 is 0 Å². The Bertz CT molecular complexity index is 1490. The van der Waals surface area contributed by atoms with Crippen LogP contribution in [0.15, 0.2) is 84.0 Å². The Labute approximate surface area is 221 Å². The van der Waals surface area contributed by atoms with Crippen molar-refractivity contribution >= 4 is 34.3 Å². The molecule has 0 spiro atoms. The van der Waals surface area contributed by atoms with Gasteiger partial charge in [0.05, 0.1) is 27.8 Å². The number of carbonyl (C=O) groups is 1. The van der Waals surface area contributed by atoms with Gasteiger partial charge < -0.3 is 10.3 Å². The molecule has 2 N–H and O–H groups in total. The molecule has 5 rings (SSSR count). The standard InChI is InChI=1S/C31H30N4OS/c1-5-27(30(36)33-26-18-21(4)32-25-9-7-6-8-24(25)26)37-31-34-28(22-14-10-19(2)11-15-22)29(35-31)23-16-12-20(3)13-17-23/h6-18,27H,5H2,1-4H3,(H,34,35)(H,32,33,36). The molecule has 1 unspecified atom stereocenters. The quantitative estimate of drug-likeness (QED) is 0.222. The highest BCUT2D eigenvalue weighted by Gasteiger charge is 2.23. The number of hydrogen-bond acceptors (Lipinski definition) is 4. The first kappa shape index (κ1) is 24.8. The normalized spacial score (nSPS) is 12.0. The Morgan fingerprint density at radius 1 is 0.892 bits per heavy atom. The summed E-state index contributed by atoms with van der Waals surface area (Å²) in [7, 11) is 0. The number of anilines is 1. The van der Waals surface area contributed by atoms with Crippen molar-refractivity contribution in [2.24, 2.45) is 0 Å². The molecule has 1 atom stereocenters. The third kappa shape index (κ3) is 5.44. The van der Waals surface area contributed by atoms with Crippen molar-refractivity contribution in [2.75, 3.05) is 5.32 Å². The average Bonchev–Trinajstić information content (AvgIpc) is 3.31. The summed E-state index contributed by atoms with van der Waals surface area (Å²) in [6.45, 7) is 8.12. The molecule has 5 aromatic rings. The summed E-state index contributed by atoms with van der Waals surface area (Å²) in [6, 6.07) is 26.6. The first-order valence-electron chi connectivity index (χ1n) is 12.5. The largest absolute Gasteiger partial charge is 0.332 e. The van der Waals surface area contributed by atoms with E-state index in [2.05, 4.69) is 77.7 Å². The SMILES string of the molecule is CCC(Sc1nc(-c2ccc(C)cc2)c(-c2ccc(C)cc2)[nH]1)C(=O)Nc1cc(C)nc2ccccc12. The minimum absolute atomic E-state index is 0.0478. The van der Waals surface area contributed by atoms with E-state index in [9.17, 15) is 4.79 Å². The highest BCUT2D eigenvalue weighted by atomic mass is 32.2. The number of para-hydroxylation sites is 1. The van der Waals surface area contributed by atoms with E-state index in [1.54, 1.807) is 0 Å². The average molecular weight is 507 g/mol. The first-order valence-corrected chi connectivity index (χ1v) is 13.4. The van der Waals surface area contributed by atoms with Crippen LogP contribution < -0.4 is 5.32 Å². The number of nitrogens with zero attached hydrogens (tertiary/aromatic N) is 2. The summed E-state index contributed by atoms with van der Waals surface area (Å²) in [6.07, 6.45) is 0.666. The van der Waals surface area contributed by atoms with Gasteiger partial charge in [0.2, 0.25) is 5.91 Å². The van der Waals surface area contributed by atoms with Crippen molar-refractivity contribution in [2.45, 2.75) is 44.5 Å². The summed E-state index contributed by atoms with van der Waals surface area (Å²) < 4.78 is 0. The van der Waals surface area contributed by atoms with Crippen LogP contribution in [0.25, 0.3) is 33.4 Å². The third-order valence-electron chi connectivity index (χ3n) is 6.37. The number of carbonyl (C=O) groups excluding carboxylic acids is 1. The molecule has 186 valence electrons. The monoisotopic (exact) mass is 506 g/mol. The van der Waals surface area contributed by atoms with Gasteiger partial charge in [-0.1, -0.05) is 96.5 Å². The molecule has 2 heterocycles. The second kappa shape index (κ2) is 10.6. The van der Waals surface area contributed by atoms with E-state index in [1.807, 2.05) is 44.2 Å². The van der Waals surface area contributed by atoms with Gasteiger partial charge in [0, 0.05) is 22.2 Å². The molecule has 0 fully saturated rings. The fourth-order valence-electron chi connectivity index (χ4n) is 4.34. The van der Waals surface area contributed by atoms with Crippen molar-refractivity contribution in [3.63, 3.8) is 0 Å². The van der Waals surface area contributed by atoms with Crippen molar-refractivity contribution in [1.82, 2.24) is 15.0 Å². The smallest absolute Gasteiger partial charge is 0.237 e. The van der Waals surface area contributed by atoms with Crippen molar-refractivity contribution in [3.8, 4) is 22.5 Å². The number of aromatic nitrogens is 3. The van der Waals surface area contributed by atoms with E-state index in [1.165, 1.54) is 22.9 Å². The lowest BCUT2D eigenvalue weighted by Crippen LogP contribution is -2.25. The predicted octanol–water partition coefficient (Wildman–Crippen LogP) is 7.73. The fraction of sp³-hybridized carbons (Fsp3) is 0.194. The molecule has 0 aliphatic carbocycles. The predicted molar refractivity (Wildman–Crippen MR) is 154 cm³/mol. The van der Waals surface area contributed by atoms with Gasteiger partial charge in [-0.2, -0.15) is 0 Å². The fourth-order valence-corrected chi connectivity index (χ4v) is 5.25. The summed E-state index contributed by atoms with van der Waals surface area (Å²) in [5.41, 5.74) is 8.88. The third-order valence-corrected chi connectivity index (χ3v) is 7.62. The Hall–Kier alpha value is -3.90. The lowest BCUT2D eigenvalue weighted by molar-refractivity contribution is -0.115. The van der Waals surface area contributed by atoms with Gasteiger partial charge in [-0.3, -0.25) is 9.78 Å². The molecule has 1 amide bonds. The van der Waals surface area contributed by atoms with Crippen LogP contribution in [-0.4, -0.2) is 26.1 Å². The molecular weight excluding hydrogens is 476 g/mol. The van der Waals surface area contributed by atoms with Crippen LogP contribution in [0.2, 0.25) is 0 Å². The number of aromatic amines is 1. The lowest BCUT2D eigenvalue weighted by atomic mass is 10.0. The number of imidazole rings is 1. The maximum Gasteiger partial charge on any atom is 0.237 e. The highest BCUT2D eigenvalue weighted by Crippen LogP contribution is 2.35. The maximum atomic E-state index is 13.4. The molecule has 0 radical (unpaired) electrons. The van der Waals surface area contributed by atoms with Crippen LogP contribution in [0.5, 0.6) is 0 Å². The zero-order valence-electron chi connectivity index (χ0n) is 21.5. The van der Waals surface area contributed by atoms with Crippen LogP contribution in [0.1, 0.15) is 30.2 Å². The van der Waals surface area contributed by atoms with Gasteiger partial charge in [0.25, 0.3) is 0 Å². The molecule has 2 aromatic heterocycles. The second-order valence-corrected chi connectivity index (χ2v) is 10.5. The number of pyridine rings is 1. The van der Waals surface area contributed by atoms with E-state index in [0.29, 0.717) is 6.42 Å². The number of H-pyrrole nitrogens is 1. The van der Waals surface area contributed by atoms with Crippen LogP contribution in [-0.2, 0) is 4.79 Å². The van der Waals surface area contributed by atoms with Gasteiger partial charge in [-0.15, -0.1) is 0 Å². The maximum absolute atomic E-state index is 13.4. The van der Waals surface area contributed by atoms with Gasteiger partial charge in [-0.05, 0) is 39.3 Å². The summed E-state index contributed by atoms with van der Waals surface area (Å²) >= 11 is 1.46. The number of amides is 1.